The average Bonchev–Trinajstić information content (AvgIpc) is 3.20. The second kappa shape index (κ2) is 8.95. The van der Waals surface area contributed by atoms with E-state index in [0.29, 0.717) is 30.7 Å². The number of Topliss-reactive ketones (excluding diaryl/α,β-unsaturated/α-hetero) is 1. The van der Waals surface area contributed by atoms with Gasteiger partial charge in [-0.3, -0.25) is 14.4 Å². The first-order chi connectivity index (χ1) is 13.0. The van der Waals surface area contributed by atoms with E-state index < -0.39 is 11.8 Å². The fourth-order valence-electron chi connectivity index (χ4n) is 3.45. The van der Waals surface area contributed by atoms with E-state index in [0.717, 1.165) is 12.8 Å². The van der Waals surface area contributed by atoms with Crippen LogP contribution in [0.1, 0.15) is 43.0 Å². The number of esters is 1. The number of nitrogens with one attached hydrogen (secondary N) is 1. The second-order valence-electron chi connectivity index (χ2n) is 7.04. The van der Waals surface area contributed by atoms with E-state index in [1.807, 2.05) is 12.2 Å². The second-order valence-corrected chi connectivity index (χ2v) is 7.04. The Morgan fingerprint density at radius 2 is 1.81 bits per heavy atom. The lowest BCUT2D eigenvalue weighted by atomic mass is 9.82. The smallest absolute Gasteiger partial charge is 0.310 e. The molecule has 1 amide bonds. The molecule has 1 fully saturated rings. The van der Waals surface area contributed by atoms with Gasteiger partial charge in [-0.15, -0.1) is 0 Å². The number of benzene rings is 1. The van der Waals surface area contributed by atoms with Gasteiger partial charge in [-0.2, -0.15) is 0 Å². The molecule has 1 aromatic carbocycles. The molecule has 6 heteroatoms. The van der Waals surface area contributed by atoms with Crippen LogP contribution in [0.4, 0.5) is 5.69 Å². The molecular formula is C21H25NO5. The highest BCUT2D eigenvalue weighted by atomic mass is 16.6. The fourth-order valence-corrected chi connectivity index (χ4v) is 3.45. The minimum absolute atomic E-state index is 0.0276. The molecule has 0 aromatic heterocycles. The summed E-state index contributed by atoms with van der Waals surface area (Å²) in [4.78, 5) is 36.6. The molecule has 0 saturated carbocycles. The first kappa shape index (κ1) is 19.3. The number of rotatable bonds is 6. The summed E-state index contributed by atoms with van der Waals surface area (Å²) < 4.78 is 10.9. The van der Waals surface area contributed by atoms with Crippen molar-refractivity contribution in [1.82, 2.24) is 0 Å². The summed E-state index contributed by atoms with van der Waals surface area (Å²) in [5, 5.41) is 2.84. The molecule has 144 valence electrons. The quantitative estimate of drug-likeness (QED) is 0.472. The summed E-state index contributed by atoms with van der Waals surface area (Å²) in [5.74, 6) is -1.55. The minimum atomic E-state index is -0.493. The van der Waals surface area contributed by atoms with E-state index in [1.54, 1.807) is 24.3 Å². The Hall–Kier alpha value is -2.47. The van der Waals surface area contributed by atoms with Gasteiger partial charge < -0.3 is 14.8 Å². The van der Waals surface area contributed by atoms with E-state index in [1.165, 1.54) is 6.92 Å². The van der Waals surface area contributed by atoms with Crippen LogP contribution in [-0.2, 0) is 19.1 Å². The minimum Gasteiger partial charge on any atom is -0.463 e. The maximum Gasteiger partial charge on any atom is 0.310 e. The van der Waals surface area contributed by atoms with Crippen LogP contribution in [0, 0.1) is 11.8 Å². The van der Waals surface area contributed by atoms with Crippen LogP contribution >= 0.6 is 0 Å². The highest BCUT2D eigenvalue weighted by Crippen LogP contribution is 2.28. The van der Waals surface area contributed by atoms with Gasteiger partial charge in [0.25, 0.3) is 0 Å². The van der Waals surface area contributed by atoms with Gasteiger partial charge in [-0.1, -0.05) is 12.2 Å². The molecule has 1 saturated heterocycles. The average molecular weight is 371 g/mol. The van der Waals surface area contributed by atoms with Crippen molar-refractivity contribution in [3.05, 3.63) is 42.0 Å². The molecule has 27 heavy (non-hydrogen) atoms. The van der Waals surface area contributed by atoms with Crippen molar-refractivity contribution in [2.75, 3.05) is 18.5 Å². The number of hydrogen-bond donors (Lipinski definition) is 1. The lowest BCUT2D eigenvalue weighted by Gasteiger charge is -2.26. The molecule has 0 unspecified atom stereocenters. The molecule has 6 nitrogen and oxygen atoms in total. The predicted molar refractivity (Wildman–Crippen MR) is 100 cm³/mol. The van der Waals surface area contributed by atoms with Crippen molar-refractivity contribution in [3.8, 4) is 0 Å². The lowest BCUT2D eigenvalue weighted by Crippen LogP contribution is -2.36. The SMILES string of the molecule is CC(=O)c1ccc(NC(=O)[C@@H]2CC=CC[C@H]2C(=O)OC[C@H]2CCCO2)cc1. The number of carbonyl (C=O) groups is 3. The third kappa shape index (κ3) is 5.04. The van der Waals surface area contributed by atoms with Gasteiger partial charge in [0.1, 0.15) is 6.61 Å². The van der Waals surface area contributed by atoms with Gasteiger partial charge in [0.15, 0.2) is 5.78 Å². The molecule has 0 spiro atoms. The van der Waals surface area contributed by atoms with Crippen LogP contribution in [0.25, 0.3) is 0 Å². The Kier molecular flexibility index (Phi) is 6.40. The van der Waals surface area contributed by atoms with Crippen LogP contribution < -0.4 is 5.32 Å². The normalized spacial score (nSPS) is 24.4. The van der Waals surface area contributed by atoms with Crippen molar-refractivity contribution in [2.45, 2.75) is 38.7 Å². The summed E-state index contributed by atoms with van der Waals surface area (Å²) in [5.41, 5.74) is 1.19. The van der Waals surface area contributed by atoms with E-state index in [-0.39, 0.29) is 30.4 Å². The van der Waals surface area contributed by atoms with Gasteiger partial charge in [0.2, 0.25) is 5.91 Å². The summed E-state index contributed by atoms with van der Waals surface area (Å²) in [7, 11) is 0. The Balaban J connectivity index is 1.59. The molecule has 1 aliphatic heterocycles. The number of anilines is 1. The number of ether oxygens (including phenoxy) is 2. The van der Waals surface area contributed by atoms with Crippen LogP contribution in [0.3, 0.4) is 0 Å². The van der Waals surface area contributed by atoms with Gasteiger partial charge >= 0.3 is 5.97 Å². The number of carbonyl (C=O) groups excluding carboxylic acids is 3. The highest BCUT2D eigenvalue weighted by Gasteiger charge is 2.35. The van der Waals surface area contributed by atoms with E-state index >= 15 is 0 Å². The number of hydrogen-bond acceptors (Lipinski definition) is 5. The third-order valence-electron chi connectivity index (χ3n) is 5.07. The van der Waals surface area contributed by atoms with Crippen molar-refractivity contribution in [2.24, 2.45) is 11.8 Å². The third-order valence-corrected chi connectivity index (χ3v) is 5.07. The first-order valence-electron chi connectivity index (χ1n) is 9.39. The zero-order valence-corrected chi connectivity index (χ0v) is 15.5. The van der Waals surface area contributed by atoms with E-state index in [9.17, 15) is 14.4 Å². The molecule has 1 aromatic rings. The number of amides is 1. The molecule has 1 N–H and O–H groups in total. The Morgan fingerprint density at radius 1 is 1.11 bits per heavy atom. The summed E-state index contributed by atoms with van der Waals surface area (Å²) in [6.45, 7) is 2.45. The van der Waals surface area contributed by atoms with Crippen LogP contribution in [0.5, 0.6) is 0 Å². The Bertz CT molecular complexity index is 719. The van der Waals surface area contributed by atoms with Crippen LogP contribution in [-0.4, -0.2) is 37.0 Å². The van der Waals surface area contributed by atoms with E-state index in [4.69, 9.17) is 9.47 Å². The molecule has 3 atom stereocenters. The number of allylic oxidation sites excluding steroid dienone is 2. The summed E-state index contributed by atoms with van der Waals surface area (Å²) in [6.07, 6.45) is 6.69. The molecule has 2 aliphatic rings. The zero-order chi connectivity index (χ0) is 19.2. The first-order valence-corrected chi connectivity index (χ1v) is 9.39. The maximum atomic E-state index is 12.7. The van der Waals surface area contributed by atoms with Gasteiger partial charge in [-0.05, 0) is 56.9 Å². The van der Waals surface area contributed by atoms with E-state index in [2.05, 4.69) is 5.32 Å². The zero-order valence-electron chi connectivity index (χ0n) is 15.5. The largest absolute Gasteiger partial charge is 0.463 e. The van der Waals surface area contributed by atoms with Crippen molar-refractivity contribution < 1.29 is 23.9 Å². The summed E-state index contributed by atoms with van der Waals surface area (Å²) >= 11 is 0. The van der Waals surface area contributed by atoms with Crippen LogP contribution in [0.2, 0.25) is 0 Å². The fraction of sp³-hybridized carbons (Fsp3) is 0.476. The monoisotopic (exact) mass is 371 g/mol. The Labute approximate surface area is 158 Å². The molecule has 3 rings (SSSR count). The molecule has 0 radical (unpaired) electrons. The maximum absolute atomic E-state index is 12.7. The van der Waals surface area contributed by atoms with Crippen LogP contribution in [0.15, 0.2) is 36.4 Å². The topological polar surface area (TPSA) is 81.7 Å². The van der Waals surface area contributed by atoms with Crippen molar-refractivity contribution in [1.29, 1.82) is 0 Å². The van der Waals surface area contributed by atoms with Crippen molar-refractivity contribution in [3.63, 3.8) is 0 Å². The van der Waals surface area contributed by atoms with Gasteiger partial charge in [0, 0.05) is 17.9 Å². The predicted octanol–water partition coefficient (Wildman–Crippen LogP) is 3.13. The molecule has 1 heterocycles. The Morgan fingerprint density at radius 3 is 2.44 bits per heavy atom. The lowest BCUT2D eigenvalue weighted by molar-refractivity contribution is -0.155. The molecule has 0 bridgehead atoms. The van der Waals surface area contributed by atoms with Gasteiger partial charge in [-0.25, -0.2) is 0 Å². The highest BCUT2D eigenvalue weighted by molar-refractivity contribution is 5.97. The molecule has 1 aliphatic carbocycles. The standard InChI is InChI=1S/C21H25NO5/c1-14(23)15-8-10-16(11-9-15)22-20(24)18-6-2-3-7-19(18)21(25)27-13-17-5-4-12-26-17/h2-3,8-11,17-19H,4-7,12-13H2,1H3,(H,22,24)/t17-,18-,19-/m1/s1. The number of ketones is 1. The van der Waals surface area contributed by atoms with Gasteiger partial charge in [0.05, 0.1) is 17.9 Å². The van der Waals surface area contributed by atoms with Crippen molar-refractivity contribution >= 4 is 23.3 Å². The summed E-state index contributed by atoms with van der Waals surface area (Å²) in [6, 6.07) is 6.73. The molecular weight excluding hydrogens is 346 g/mol.